The third-order valence-corrected chi connectivity index (χ3v) is 6.70. The molecule has 1 atom stereocenters. The first-order valence-electron chi connectivity index (χ1n) is 10.4. The van der Waals surface area contributed by atoms with E-state index < -0.39 is 5.72 Å². The van der Waals surface area contributed by atoms with Crippen LogP contribution in [0, 0.1) is 0 Å². The number of nitrogens with zero attached hydrogens (tertiary/aromatic N) is 1. The topological polar surface area (TPSA) is 38.8 Å². The number of ether oxygens (including phenoxy) is 2. The highest BCUT2D eigenvalue weighted by atomic mass is 16.5. The van der Waals surface area contributed by atoms with E-state index in [0.717, 1.165) is 17.0 Å². The van der Waals surface area contributed by atoms with Crippen LogP contribution in [0.5, 0.6) is 11.5 Å². The van der Waals surface area contributed by atoms with Gasteiger partial charge in [-0.1, -0.05) is 42.5 Å². The lowest BCUT2D eigenvalue weighted by atomic mass is 9.76. The monoisotopic (exact) mass is 411 g/mol. The van der Waals surface area contributed by atoms with Crippen molar-refractivity contribution in [2.45, 2.75) is 25.0 Å². The van der Waals surface area contributed by atoms with Gasteiger partial charge in [0.1, 0.15) is 11.5 Å². The maximum absolute atomic E-state index is 13.0. The lowest BCUT2D eigenvalue weighted by molar-refractivity contribution is 0.0580. The molecule has 156 valence electrons. The number of fused-ring (bicyclic) bond motifs is 2. The summed E-state index contributed by atoms with van der Waals surface area (Å²) in [6.07, 6.45) is 4.22. The Hall–Kier alpha value is -3.53. The fraction of sp³-hybridized carbons (Fsp3) is 0.222. The Morgan fingerprint density at radius 3 is 2.48 bits per heavy atom. The summed E-state index contributed by atoms with van der Waals surface area (Å²) in [4.78, 5) is 15.2. The maximum Gasteiger partial charge on any atom is 0.211 e. The molecule has 0 aromatic heterocycles. The first kappa shape index (κ1) is 19.4. The zero-order valence-corrected chi connectivity index (χ0v) is 18.2. The standard InChI is InChI=1S/C27H25NO3/c1-26(2)22-17-21(30-4)12-13-23(22)28(3)27(26)15-14-18-10-11-20(16-24(18)31-27)25(29)19-8-6-5-7-9-19/h5-17H,1-4H3. The third kappa shape index (κ3) is 2.71. The van der Waals surface area contributed by atoms with Crippen molar-refractivity contribution in [3.63, 3.8) is 0 Å². The molecule has 0 saturated carbocycles. The molecule has 31 heavy (non-hydrogen) atoms. The van der Waals surface area contributed by atoms with Crippen LogP contribution in [0.4, 0.5) is 5.69 Å². The highest BCUT2D eigenvalue weighted by Crippen LogP contribution is 2.55. The molecule has 4 nitrogen and oxygen atoms in total. The van der Waals surface area contributed by atoms with Gasteiger partial charge in [0.15, 0.2) is 5.78 Å². The minimum absolute atomic E-state index is 0.0114. The van der Waals surface area contributed by atoms with E-state index in [4.69, 9.17) is 9.47 Å². The van der Waals surface area contributed by atoms with Crippen LogP contribution < -0.4 is 14.4 Å². The molecule has 2 aliphatic rings. The van der Waals surface area contributed by atoms with Crippen LogP contribution in [0.15, 0.2) is 72.8 Å². The van der Waals surface area contributed by atoms with Crippen molar-refractivity contribution in [1.82, 2.24) is 0 Å². The average Bonchev–Trinajstić information content (AvgIpc) is 2.96. The molecule has 0 radical (unpaired) electrons. The van der Waals surface area contributed by atoms with Crippen LogP contribution >= 0.6 is 0 Å². The van der Waals surface area contributed by atoms with Gasteiger partial charge in [0.05, 0.1) is 12.5 Å². The summed E-state index contributed by atoms with van der Waals surface area (Å²) in [5, 5.41) is 0. The minimum atomic E-state index is -0.705. The van der Waals surface area contributed by atoms with Crippen molar-refractivity contribution in [2.75, 3.05) is 19.1 Å². The fourth-order valence-electron chi connectivity index (χ4n) is 4.80. The van der Waals surface area contributed by atoms with Crippen LogP contribution in [-0.2, 0) is 5.41 Å². The van der Waals surface area contributed by atoms with Gasteiger partial charge in [0.25, 0.3) is 0 Å². The Balaban J connectivity index is 1.57. The number of anilines is 1. The number of carbonyl (C=O) groups is 1. The van der Waals surface area contributed by atoms with E-state index in [0.29, 0.717) is 16.9 Å². The second-order valence-corrected chi connectivity index (χ2v) is 8.65. The number of rotatable bonds is 3. The van der Waals surface area contributed by atoms with Gasteiger partial charge in [0.2, 0.25) is 5.72 Å². The van der Waals surface area contributed by atoms with Gasteiger partial charge in [0, 0.05) is 29.4 Å². The van der Waals surface area contributed by atoms with Crippen LogP contribution in [0.25, 0.3) is 6.08 Å². The van der Waals surface area contributed by atoms with Crippen molar-refractivity contribution < 1.29 is 14.3 Å². The van der Waals surface area contributed by atoms with E-state index in [1.807, 2.05) is 61.6 Å². The largest absolute Gasteiger partial charge is 0.497 e. The van der Waals surface area contributed by atoms with E-state index in [1.54, 1.807) is 7.11 Å². The molecule has 0 aliphatic carbocycles. The molecule has 0 N–H and O–H groups in total. The van der Waals surface area contributed by atoms with E-state index in [-0.39, 0.29) is 11.2 Å². The van der Waals surface area contributed by atoms with E-state index >= 15 is 0 Å². The molecule has 0 amide bonds. The van der Waals surface area contributed by atoms with Crippen molar-refractivity contribution in [3.05, 3.63) is 95.1 Å². The smallest absolute Gasteiger partial charge is 0.211 e. The Bertz CT molecular complexity index is 1210. The van der Waals surface area contributed by atoms with Crippen molar-refractivity contribution in [1.29, 1.82) is 0 Å². The normalized spacial score (nSPS) is 20.2. The SMILES string of the molecule is COc1ccc2c(c1)C(C)(C)C1(C=Cc3ccc(C(=O)c4ccccc4)cc3O1)N2C. The molecule has 1 unspecified atom stereocenters. The Morgan fingerprint density at radius 1 is 0.968 bits per heavy atom. The summed E-state index contributed by atoms with van der Waals surface area (Å²) in [6, 6.07) is 21.1. The van der Waals surface area contributed by atoms with E-state index in [1.165, 1.54) is 5.56 Å². The Labute approximate surface area is 182 Å². The lowest BCUT2D eigenvalue weighted by Crippen LogP contribution is -2.58. The van der Waals surface area contributed by atoms with Crippen LogP contribution in [0.2, 0.25) is 0 Å². The number of hydrogen-bond donors (Lipinski definition) is 0. The highest BCUT2D eigenvalue weighted by molar-refractivity contribution is 6.09. The molecule has 2 aliphatic heterocycles. The number of likely N-dealkylation sites (N-methyl/N-ethyl adjacent to an activating group) is 1. The second-order valence-electron chi connectivity index (χ2n) is 8.65. The van der Waals surface area contributed by atoms with Gasteiger partial charge in [-0.3, -0.25) is 4.79 Å². The van der Waals surface area contributed by atoms with Crippen LogP contribution in [-0.4, -0.2) is 25.7 Å². The predicted molar refractivity (Wildman–Crippen MR) is 123 cm³/mol. The summed E-state index contributed by atoms with van der Waals surface area (Å²) < 4.78 is 12.2. The number of methoxy groups -OCH3 is 1. The molecule has 3 aromatic carbocycles. The quantitative estimate of drug-likeness (QED) is 0.537. The molecular formula is C27H25NO3. The summed E-state index contributed by atoms with van der Waals surface area (Å²) in [5.41, 5.74) is 3.47. The van der Waals surface area contributed by atoms with E-state index in [9.17, 15) is 4.79 Å². The van der Waals surface area contributed by atoms with Crippen LogP contribution in [0.1, 0.15) is 40.9 Å². The van der Waals surface area contributed by atoms with Gasteiger partial charge >= 0.3 is 0 Å². The van der Waals surface area contributed by atoms with Crippen LogP contribution in [0.3, 0.4) is 0 Å². The minimum Gasteiger partial charge on any atom is -0.497 e. The molecule has 5 rings (SSSR count). The summed E-state index contributed by atoms with van der Waals surface area (Å²) in [6.45, 7) is 4.37. The fourth-order valence-corrected chi connectivity index (χ4v) is 4.80. The van der Waals surface area contributed by atoms with Gasteiger partial charge < -0.3 is 14.4 Å². The number of carbonyl (C=O) groups excluding carboxylic acids is 1. The number of ketones is 1. The molecule has 0 fully saturated rings. The van der Waals surface area contributed by atoms with Gasteiger partial charge in [-0.25, -0.2) is 0 Å². The van der Waals surface area contributed by atoms with Crippen molar-refractivity contribution >= 4 is 17.5 Å². The Morgan fingerprint density at radius 2 is 1.74 bits per heavy atom. The first-order valence-corrected chi connectivity index (χ1v) is 10.4. The predicted octanol–water partition coefficient (Wildman–Crippen LogP) is 5.46. The van der Waals surface area contributed by atoms with Crippen molar-refractivity contribution in [3.8, 4) is 11.5 Å². The van der Waals surface area contributed by atoms with Gasteiger partial charge in [-0.05, 0) is 55.8 Å². The average molecular weight is 412 g/mol. The number of hydrogen-bond acceptors (Lipinski definition) is 4. The molecular weight excluding hydrogens is 386 g/mol. The summed E-state index contributed by atoms with van der Waals surface area (Å²) in [7, 11) is 3.73. The lowest BCUT2D eigenvalue weighted by Gasteiger charge is -2.45. The molecule has 3 aromatic rings. The zero-order valence-electron chi connectivity index (χ0n) is 18.2. The Kier molecular flexibility index (Phi) is 4.23. The van der Waals surface area contributed by atoms with Gasteiger partial charge in [-0.2, -0.15) is 0 Å². The first-order chi connectivity index (χ1) is 14.9. The van der Waals surface area contributed by atoms with E-state index in [2.05, 4.69) is 43.0 Å². The molecule has 4 heteroatoms. The highest BCUT2D eigenvalue weighted by Gasteiger charge is 2.57. The molecule has 0 saturated heterocycles. The van der Waals surface area contributed by atoms with Gasteiger partial charge in [-0.15, -0.1) is 0 Å². The summed E-state index contributed by atoms with van der Waals surface area (Å²) >= 11 is 0. The molecule has 0 bridgehead atoms. The zero-order chi connectivity index (χ0) is 21.8. The van der Waals surface area contributed by atoms with Crippen molar-refractivity contribution in [2.24, 2.45) is 0 Å². The number of benzene rings is 3. The second kappa shape index (κ2) is 6.74. The third-order valence-electron chi connectivity index (χ3n) is 6.70. The molecule has 2 heterocycles. The summed E-state index contributed by atoms with van der Waals surface area (Å²) in [5.74, 6) is 1.53. The maximum atomic E-state index is 13.0. The molecule has 1 spiro atoms.